The number of hydrogen-bond donors (Lipinski definition) is 1. The Morgan fingerprint density at radius 2 is 1.82 bits per heavy atom. The number of carbonyl (C=O) groups excluding carboxylic acids is 2. The van der Waals surface area contributed by atoms with Crippen molar-refractivity contribution in [2.24, 2.45) is 0 Å². The van der Waals surface area contributed by atoms with Crippen LogP contribution in [0.15, 0.2) is 48.7 Å². The van der Waals surface area contributed by atoms with Gasteiger partial charge < -0.3 is 29.0 Å². The van der Waals surface area contributed by atoms with Crippen molar-refractivity contribution in [2.45, 2.75) is 20.4 Å². The van der Waals surface area contributed by atoms with E-state index in [1.54, 1.807) is 18.1 Å². The summed E-state index contributed by atoms with van der Waals surface area (Å²) >= 11 is 6.35. The fourth-order valence-corrected chi connectivity index (χ4v) is 3.73. The molecule has 0 unspecified atom stereocenters. The Balaban J connectivity index is 1.93. The molecule has 34 heavy (non-hydrogen) atoms. The molecule has 0 spiro atoms. The summed E-state index contributed by atoms with van der Waals surface area (Å²) in [7, 11) is 1.56. The van der Waals surface area contributed by atoms with Crippen molar-refractivity contribution in [1.82, 2.24) is 9.47 Å². The third-order valence-electron chi connectivity index (χ3n) is 5.36. The van der Waals surface area contributed by atoms with Gasteiger partial charge in [-0.05, 0) is 43.7 Å². The lowest BCUT2D eigenvalue weighted by atomic mass is 10.2. The Labute approximate surface area is 204 Å². The zero-order valence-electron chi connectivity index (χ0n) is 19.7. The number of rotatable bonds is 11. The van der Waals surface area contributed by atoms with Crippen molar-refractivity contribution in [3.05, 3.63) is 59.2 Å². The molecule has 0 aliphatic heterocycles. The number of nitrogens with zero attached hydrogens (tertiary/aromatic N) is 2. The van der Waals surface area contributed by atoms with Crippen LogP contribution >= 0.6 is 11.6 Å². The van der Waals surface area contributed by atoms with Gasteiger partial charge in [0.25, 0.3) is 0 Å². The largest absolute Gasteiger partial charge is 0.415 e. The molecule has 1 N–H and O–H groups in total. The first kappa shape index (κ1) is 25.6. The second-order valence-corrected chi connectivity index (χ2v) is 7.95. The zero-order valence-corrected chi connectivity index (χ0v) is 20.4. The average molecular weight is 488 g/mol. The molecule has 1 heterocycles. The number of methoxy groups -OCH3 is 1. The van der Waals surface area contributed by atoms with E-state index in [9.17, 15) is 9.59 Å². The van der Waals surface area contributed by atoms with Crippen LogP contribution in [0.1, 0.15) is 19.4 Å². The lowest BCUT2D eigenvalue weighted by Crippen LogP contribution is -2.33. The molecule has 0 radical (unpaired) electrons. The van der Waals surface area contributed by atoms with Gasteiger partial charge in [0.2, 0.25) is 5.91 Å². The molecular formula is C25H30ClN3O5. The smallest absolute Gasteiger partial charge is 0.408 e. The van der Waals surface area contributed by atoms with Crippen LogP contribution in [0.3, 0.4) is 0 Å². The maximum Gasteiger partial charge on any atom is 0.415 e. The predicted octanol–water partition coefficient (Wildman–Crippen LogP) is 4.79. The summed E-state index contributed by atoms with van der Waals surface area (Å²) in [4.78, 5) is 26.8. The van der Waals surface area contributed by atoms with E-state index in [2.05, 4.69) is 5.32 Å². The second-order valence-electron chi connectivity index (χ2n) is 7.54. The predicted molar refractivity (Wildman–Crippen MR) is 133 cm³/mol. The molecule has 0 saturated carbocycles. The van der Waals surface area contributed by atoms with Gasteiger partial charge in [-0.25, -0.2) is 4.79 Å². The molecule has 0 aliphatic carbocycles. The number of amides is 2. The molecule has 2 aromatic carbocycles. The Hall–Kier alpha value is -3.07. The number of aromatic nitrogens is 1. The van der Waals surface area contributed by atoms with E-state index in [0.717, 1.165) is 16.5 Å². The Morgan fingerprint density at radius 1 is 1.06 bits per heavy atom. The molecule has 3 aromatic rings. The molecule has 0 saturated heterocycles. The standard InChI is InChI=1S/C25H30ClN3O5/c1-4-28(5-2)25(31)34-22-11-10-21-19(24(22)27-23(30)17-33-15-14-32-3)12-13-29(21)16-18-8-6-7-9-20(18)26/h6-13H,4-5,14-17H2,1-3H3,(H,27,30). The molecule has 0 bridgehead atoms. The Morgan fingerprint density at radius 3 is 2.53 bits per heavy atom. The maximum atomic E-state index is 12.6. The second kappa shape index (κ2) is 12.4. The zero-order chi connectivity index (χ0) is 24.5. The van der Waals surface area contributed by atoms with Gasteiger partial charge in [0, 0.05) is 43.3 Å². The highest BCUT2D eigenvalue weighted by atomic mass is 35.5. The van der Waals surface area contributed by atoms with E-state index in [1.807, 2.05) is 61.0 Å². The van der Waals surface area contributed by atoms with Crippen LogP contribution in [0.2, 0.25) is 5.02 Å². The number of benzene rings is 2. The molecule has 3 rings (SSSR count). The molecule has 2 amide bonds. The number of ether oxygens (including phenoxy) is 3. The molecule has 0 fully saturated rings. The van der Waals surface area contributed by atoms with E-state index in [-0.39, 0.29) is 18.3 Å². The van der Waals surface area contributed by atoms with Gasteiger partial charge in [0.1, 0.15) is 6.61 Å². The molecule has 1 aromatic heterocycles. The Kier molecular flexibility index (Phi) is 9.33. The van der Waals surface area contributed by atoms with E-state index < -0.39 is 6.09 Å². The SMILES string of the molecule is CCN(CC)C(=O)Oc1ccc2c(ccn2Cc2ccccc2Cl)c1NC(=O)COCCOC. The highest BCUT2D eigenvalue weighted by Gasteiger charge is 2.19. The van der Waals surface area contributed by atoms with E-state index >= 15 is 0 Å². The van der Waals surface area contributed by atoms with Gasteiger partial charge >= 0.3 is 6.09 Å². The topological polar surface area (TPSA) is 82.0 Å². The number of carbonyl (C=O) groups is 2. The van der Waals surface area contributed by atoms with Gasteiger partial charge in [0.15, 0.2) is 5.75 Å². The molecule has 182 valence electrons. The minimum absolute atomic E-state index is 0.149. The summed E-state index contributed by atoms with van der Waals surface area (Å²) in [6.07, 6.45) is 1.43. The van der Waals surface area contributed by atoms with Crippen molar-refractivity contribution in [1.29, 1.82) is 0 Å². The quantitative estimate of drug-likeness (QED) is 0.393. The fourth-order valence-electron chi connectivity index (χ4n) is 3.54. The first-order chi connectivity index (χ1) is 16.5. The lowest BCUT2D eigenvalue weighted by molar-refractivity contribution is -0.121. The van der Waals surface area contributed by atoms with Crippen LogP contribution in [0.5, 0.6) is 5.75 Å². The van der Waals surface area contributed by atoms with Crippen LogP contribution in [0.4, 0.5) is 10.5 Å². The molecule has 0 aliphatic rings. The number of fused-ring (bicyclic) bond motifs is 1. The number of nitrogens with one attached hydrogen (secondary N) is 1. The van der Waals surface area contributed by atoms with Crippen molar-refractivity contribution in [3.63, 3.8) is 0 Å². The van der Waals surface area contributed by atoms with Crippen LogP contribution in [-0.2, 0) is 20.8 Å². The molecule has 9 heteroatoms. The first-order valence-electron chi connectivity index (χ1n) is 11.2. The Bertz CT molecular complexity index is 1130. The van der Waals surface area contributed by atoms with Crippen molar-refractivity contribution in [2.75, 3.05) is 45.3 Å². The minimum Gasteiger partial charge on any atom is -0.408 e. The average Bonchev–Trinajstić information content (AvgIpc) is 3.23. The summed E-state index contributed by atoms with van der Waals surface area (Å²) in [6, 6.07) is 13.1. The van der Waals surface area contributed by atoms with Crippen LogP contribution in [-0.4, -0.2) is 61.5 Å². The van der Waals surface area contributed by atoms with Crippen LogP contribution in [0.25, 0.3) is 10.9 Å². The lowest BCUT2D eigenvalue weighted by Gasteiger charge is -2.20. The molecular weight excluding hydrogens is 458 g/mol. The third kappa shape index (κ3) is 6.28. The van der Waals surface area contributed by atoms with Crippen molar-refractivity contribution in [3.8, 4) is 5.75 Å². The molecule has 8 nitrogen and oxygen atoms in total. The minimum atomic E-state index is -0.480. The van der Waals surface area contributed by atoms with Crippen LogP contribution < -0.4 is 10.1 Å². The van der Waals surface area contributed by atoms with Gasteiger partial charge in [-0.1, -0.05) is 29.8 Å². The number of hydrogen-bond acceptors (Lipinski definition) is 5. The van der Waals surface area contributed by atoms with E-state index in [1.165, 1.54) is 0 Å². The van der Waals surface area contributed by atoms with Gasteiger partial charge in [-0.3, -0.25) is 4.79 Å². The highest BCUT2D eigenvalue weighted by molar-refractivity contribution is 6.31. The van der Waals surface area contributed by atoms with E-state index in [4.69, 9.17) is 25.8 Å². The summed E-state index contributed by atoms with van der Waals surface area (Å²) in [6.45, 7) is 5.87. The summed E-state index contributed by atoms with van der Waals surface area (Å²) in [5.41, 5.74) is 2.24. The fraction of sp³-hybridized carbons (Fsp3) is 0.360. The normalized spacial score (nSPS) is 10.9. The van der Waals surface area contributed by atoms with Gasteiger partial charge in [-0.2, -0.15) is 0 Å². The van der Waals surface area contributed by atoms with Gasteiger partial charge in [-0.15, -0.1) is 0 Å². The van der Waals surface area contributed by atoms with Crippen LogP contribution in [0, 0.1) is 0 Å². The summed E-state index contributed by atoms with van der Waals surface area (Å²) < 4.78 is 18.0. The first-order valence-corrected chi connectivity index (χ1v) is 11.5. The van der Waals surface area contributed by atoms with Crippen molar-refractivity contribution < 1.29 is 23.8 Å². The third-order valence-corrected chi connectivity index (χ3v) is 5.73. The summed E-state index contributed by atoms with van der Waals surface area (Å²) in [5, 5.41) is 4.27. The maximum absolute atomic E-state index is 12.6. The highest BCUT2D eigenvalue weighted by Crippen LogP contribution is 2.35. The van der Waals surface area contributed by atoms with Gasteiger partial charge in [0.05, 0.1) is 24.4 Å². The van der Waals surface area contributed by atoms with E-state index in [0.29, 0.717) is 43.6 Å². The summed E-state index contributed by atoms with van der Waals surface area (Å²) in [5.74, 6) is -0.0901. The number of halogens is 1. The monoisotopic (exact) mass is 487 g/mol. The molecule has 0 atom stereocenters. The number of anilines is 1. The van der Waals surface area contributed by atoms with Crippen molar-refractivity contribution >= 4 is 40.2 Å².